The van der Waals surface area contributed by atoms with Gasteiger partial charge in [-0.2, -0.15) is 0 Å². The first kappa shape index (κ1) is 26.7. The van der Waals surface area contributed by atoms with E-state index in [1.165, 1.54) is 12.0 Å². The van der Waals surface area contributed by atoms with Crippen molar-refractivity contribution < 1.29 is 28.9 Å². The number of hydrogen-bond acceptors (Lipinski definition) is 6. The van der Waals surface area contributed by atoms with Gasteiger partial charge in [0.2, 0.25) is 0 Å². The normalized spacial score (nSPS) is 16.5. The molecule has 1 aliphatic heterocycles. The Morgan fingerprint density at radius 2 is 1.68 bits per heavy atom. The average molecular weight is 514 g/mol. The van der Waals surface area contributed by atoms with Crippen LogP contribution in [0.2, 0.25) is 0 Å². The fourth-order valence-electron chi connectivity index (χ4n) is 4.38. The Balaban J connectivity index is 1.63. The quantitative estimate of drug-likeness (QED) is 0.164. The summed E-state index contributed by atoms with van der Waals surface area (Å²) < 4.78 is 16.6. The fraction of sp³-hybridized carbons (Fsp3) is 0.226. The number of aryl methyl sites for hydroxylation is 1. The summed E-state index contributed by atoms with van der Waals surface area (Å²) in [7, 11) is 1.53. The third kappa shape index (κ3) is 5.95. The highest BCUT2D eigenvalue weighted by Gasteiger charge is 2.45. The molecule has 7 heteroatoms. The lowest BCUT2D eigenvalue weighted by molar-refractivity contribution is -0.140. The zero-order valence-electron chi connectivity index (χ0n) is 21.6. The minimum absolute atomic E-state index is 0.0271. The number of Topliss-reactive ketones (excluding diaryl/α,β-unsaturated/α-hetero) is 1. The summed E-state index contributed by atoms with van der Waals surface area (Å²) in [5.41, 5.74) is 3.31. The number of aliphatic hydroxyl groups is 1. The maximum atomic E-state index is 13.1. The van der Waals surface area contributed by atoms with Crippen molar-refractivity contribution in [1.29, 1.82) is 0 Å². The highest BCUT2D eigenvalue weighted by atomic mass is 16.5. The van der Waals surface area contributed by atoms with Crippen molar-refractivity contribution in [3.05, 3.63) is 113 Å². The molecule has 0 saturated carbocycles. The van der Waals surface area contributed by atoms with E-state index >= 15 is 0 Å². The van der Waals surface area contributed by atoms with Gasteiger partial charge in [-0.05, 0) is 54.4 Å². The third-order valence-electron chi connectivity index (χ3n) is 6.26. The summed E-state index contributed by atoms with van der Waals surface area (Å²) in [6.07, 6.45) is 1.65. The molecule has 4 rings (SSSR count). The second-order valence-corrected chi connectivity index (χ2v) is 8.96. The molecule has 38 heavy (non-hydrogen) atoms. The van der Waals surface area contributed by atoms with E-state index < -0.39 is 17.7 Å². The van der Waals surface area contributed by atoms with Gasteiger partial charge in [-0.15, -0.1) is 0 Å². The van der Waals surface area contributed by atoms with Gasteiger partial charge in [0, 0.05) is 19.2 Å². The van der Waals surface area contributed by atoms with Gasteiger partial charge in [0.25, 0.3) is 11.7 Å². The number of carbonyl (C=O) groups excluding carboxylic acids is 2. The van der Waals surface area contributed by atoms with Crippen molar-refractivity contribution in [1.82, 2.24) is 4.90 Å². The van der Waals surface area contributed by atoms with E-state index in [0.717, 1.165) is 11.1 Å². The maximum absolute atomic E-state index is 13.1. The van der Waals surface area contributed by atoms with Gasteiger partial charge in [0.1, 0.15) is 30.5 Å². The Bertz CT molecular complexity index is 1330. The molecule has 1 heterocycles. The van der Waals surface area contributed by atoms with Crippen LogP contribution in [0.4, 0.5) is 0 Å². The lowest BCUT2D eigenvalue weighted by Crippen LogP contribution is -2.32. The number of aliphatic hydroxyl groups excluding tert-OH is 1. The average Bonchev–Trinajstić information content (AvgIpc) is 3.19. The number of ether oxygens (including phenoxy) is 3. The molecule has 0 aromatic heterocycles. The summed E-state index contributed by atoms with van der Waals surface area (Å²) >= 11 is 0. The van der Waals surface area contributed by atoms with Crippen molar-refractivity contribution in [2.75, 3.05) is 26.9 Å². The zero-order chi connectivity index (χ0) is 27.1. The van der Waals surface area contributed by atoms with Gasteiger partial charge >= 0.3 is 0 Å². The van der Waals surface area contributed by atoms with Gasteiger partial charge in [0.15, 0.2) is 0 Å². The smallest absolute Gasteiger partial charge is 0.295 e. The third-order valence-corrected chi connectivity index (χ3v) is 6.26. The van der Waals surface area contributed by atoms with Crippen LogP contribution in [0.1, 0.15) is 28.3 Å². The van der Waals surface area contributed by atoms with Crippen molar-refractivity contribution in [3.63, 3.8) is 0 Å². The van der Waals surface area contributed by atoms with E-state index in [0.29, 0.717) is 35.8 Å². The molecule has 1 aliphatic rings. The summed E-state index contributed by atoms with van der Waals surface area (Å²) in [5, 5.41) is 11.3. The van der Waals surface area contributed by atoms with Gasteiger partial charge in [-0.1, -0.05) is 54.6 Å². The van der Waals surface area contributed by atoms with Crippen LogP contribution in [0.15, 0.2) is 91.0 Å². The minimum Gasteiger partial charge on any atom is -0.507 e. The predicted molar refractivity (Wildman–Crippen MR) is 145 cm³/mol. The Morgan fingerprint density at radius 1 is 1.00 bits per heavy atom. The second-order valence-electron chi connectivity index (χ2n) is 8.96. The molecule has 1 atom stereocenters. The molecule has 1 saturated heterocycles. The van der Waals surface area contributed by atoms with Gasteiger partial charge < -0.3 is 24.2 Å². The molecule has 0 aliphatic carbocycles. The highest BCUT2D eigenvalue weighted by Crippen LogP contribution is 2.39. The highest BCUT2D eigenvalue weighted by molar-refractivity contribution is 6.46. The largest absolute Gasteiger partial charge is 0.507 e. The number of likely N-dealkylation sites (tertiary alicyclic amines) is 1. The van der Waals surface area contributed by atoms with Crippen molar-refractivity contribution in [3.8, 4) is 11.5 Å². The van der Waals surface area contributed by atoms with E-state index in [-0.39, 0.29) is 24.5 Å². The molecular weight excluding hydrogens is 482 g/mol. The minimum atomic E-state index is -0.768. The van der Waals surface area contributed by atoms with E-state index in [9.17, 15) is 14.7 Å². The first-order valence-corrected chi connectivity index (χ1v) is 12.3. The number of nitrogens with zero attached hydrogens (tertiary/aromatic N) is 1. The number of benzene rings is 3. The van der Waals surface area contributed by atoms with Crippen LogP contribution < -0.4 is 9.47 Å². The fourth-order valence-corrected chi connectivity index (χ4v) is 4.38. The number of carbonyl (C=O) groups is 2. The molecule has 1 unspecified atom stereocenters. The van der Waals surface area contributed by atoms with E-state index in [1.807, 2.05) is 25.1 Å². The van der Waals surface area contributed by atoms with Crippen molar-refractivity contribution in [2.24, 2.45) is 0 Å². The monoisotopic (exact) mass is 513 g/mol. The van der Waals surface area contributed by atoms with Crippen LogP contribution in [-0.2, 0) is 20.9 Å². The summed E-state index contributed by atoms with van der Waals surface area (Å²) in [6.45, 7) is 6.88. The lowest BCUT2D eigenvalue weighted by atomic mass is 9.95. The van der Waals surface area contributed by atoms with Crippen LogP contribution in [-0.4, -0.2) is 48.6 Å². The predicted octanol–water partition coefficient (Wildman–Crippen LogP) is 5.21. The Morgan fingerprint density at radius 3 is 2.34 bits per heavy atom. The van der Waals surface area contributed by atoms with Crippen LogP contribution >= 0.6 is 0 Å². The maximum Gasteiger partial charge on any atom is 0.295 e. The zero-order valence-corrected chi connectivity index (χ0v) is 21.6. The number of ketones is 1. The number of hydrogen-bond donors (Lipinski definition) is 1. The van der Waals surface area contributed by atoms with Crippen LogP contribution in [0, 0.1) is 6.92 Å². The molecule has 0 spiro atoms. The summed E-state index contributed by atoms with van der Waals surface area (Å²) in [6, 6.07) is 21.2. The van der Waals surface area contributed by atoms with E-state index in [4.69, 9.17) is 14.2 Å². The summed E-state index contributed by atoms with van der Waals surface area (Å²) in [4.78, 5) is 27.5. The van der Waals surface area contributed by atoms with Gasteiger partial charge in [-0.3, -0.25) is 9.59 Å². The van der Waals surface area contributed by atoms with Gasteiger partial charge in [-0.25, -0.2) is 0 Å². The molecule has 196 valence electrons. The molecule has 1 amide bonds. The molecule has 0 bridgehead atoms. The SMILES string of the molecule is C=CCOc1ccc(C2C(=C(O)c3ccc(OCc4cccc(C)c4)cc3)C(=O)C(=O)N2CCOC)cc1. The first-order valence-electron chi connectivity index (χ1n) is 12.3. The molecule has 0 radical (unpaired) electrons. The molecule has 1 fully saturated rings. The first-order chi connectivity index (χ1) is 18.4. The number of methoxy groups -OCH3 is 1. The summed E-state index contributed by atoms with van der Waals surface area (Å²) in [5.74, 6) is -0.418. The van der Waals surface area contributed by atoms with E-state index in [1.54, 1.807) is 54.6 Å². The number of rotatable bonds is 11. The lowest BCUT2D eigenvalue weighted by Gasteiger charge is -2.25. The standard InChI is InChI=1S/C31H31NO6/c1-4-17-37-25-12-8-23(9-13-25)28-27(30(34)31(35)32(28)16-18-36-3)29(33)24-10-14-26(15-11-24)38-20-22-7-5-6-21(2)19-22/h4-15,19,28,33H,1,16-18,20H2,2-3H3. The van der Waals surface area contributed by atoms with Crippen LogP contribution in [0.3, 0.4) is 0 Å². The molecule has 1 N–H and O–H groups in total. The van der Waals surface area contributed by atoms with Gasteiger partial charge in [0.05, 0.1) is 18.2 Å². The second kappa shape index (κ2) is 12.3. The Kier molecular flexibility index (Phi) is 8.61. The molecular formula is C31H31NO6. The molecule has 3 aromatic carbocycles. The van der Waals surface area contributed by atoms with Crippen molar-refractivity contribution >= 4 is 17.4 Å². The topological polar surface area (TPSA) is 85.3 Å². The van der Waals surface area contributed by atoms with Crippen molar-refractivity contribution in [2.45, 2.75) is 19.6 Å². The number of amides is 1. The Hall–Kier alpha value is -4.36. The molecule has 3 aromatic rings. The van der Waals surface area contributed by atoms with Crippen LogP contribution in [0.25, 0.3) is 5.76 Å². The van der Waals surface area contributed by atoms with E-state index in [2.05, 4.69) is 12.6 Å². The Labute approximate surface area is 222 Å². The van der Waals surface area contributed by atoms with Crippen LogP contribution in [0.5, 0.6) is 11.5 Å². The molecule has 7 nitrogen and oxygen atoms in total.